The van der Waals surface area contributed by atoms with Crippen LogP contribution in [-0.2, 0) is 20.5 Å². The average Bonchev–Trinajstić information content (AvgIpc) is 2.75. The minimum atomic E-state index is -4.48. The molecular weight excluding hydrogens is 431 g/mol. The lowest BCUT2D eigenvalue weighted by Gasteiger charge is -2.31. The molecule has 2 N–H and O–H groups in total. The van der Waals surface area contributed by atoms with Gasteiger partial charge in [0.2, 0.25) is 0 Å². The lowest BCUT2D eigenvalue weighted by molar-refractivity contribution is -0.153. The van der Waals surface area contributed by atoms with Crippen LogP contribution in [0.4, 0.5) is 18.0 Å². The van der Waals surface area contributed by atoms with E-state index in [-0.39, 0.29) is 24.6 Å². The molecule has 0 atom stereocenters. The highest BCUT2D eigenvalue weighted by Gasteiger charge is 2.32. The number of carbonyl (C=O) groups excluding carboxylic acids is 4. The molecule has 176 valence electrons. The number of rotatable bonds is 6. The standard InChI is InChI=1S/C21H26F3N3O5/c1-13(2)11-25-20(31)26-17(28)12-32-19(30)15-7-9-27(10-8-15)18(29)14-3-5-16(6-4-14)21(22,23)24/h3-6,13,15H,7-12H2,1-2H3,(H2,25,26,28,31). The van der Waals surface area contributed by atoms with Crippen LogP contribution < -0.4 is 10.6 Å². The third-order valence-electron chi connectivity index (χ3n) is 4.84. The summed E-state index contributed by atoms with van der Waals surface area (Å²) in [4.78, 5) is 49.3. The zero-order valence-corrected chi connectivity index (χ0v) is 17.8. The summed E-state index contributed by atoms with van der Waals surface area (Å²) >= 11 is 0. The highest BCUT2D eigenvalue weighted by Crippen LogP contribution is 2.29. The van der Waals surface area contributed by atoms with Crippen molar-refractivity contribution >= 4 is 23.8 Å². The number of amides is 4. The number of hydrogen-bond donors (Lipinski definition) is 2. The van der Waals surface area contributed by atoms with Crippen molar-refractivity contribution in [2.24, 2.45) is 11.8 Å². The van der Waals surface area contributed by atoms with Crippen molar-refractivity contribution in [1.82, 2.24) is 15.5 Å². The van der Waals surface area contributed by atoms with Crippen molar-refractivity contribution in [3.05, 3.63) is 35.4 Å². The van der Waals surface area contributed by atoms with Gasteiger partial charge in [0.15, 0.2) is 6.61 Å². The zero-order valence-electron chi connectivity index (χ0n) is 17.8. The Morgan fingerprint density at radius 1 is 1.09 bits per heavy atom. The van der Waals surface area contributed by atoms with Crippen molar-refractivity contribution in [3.63, 3.8) is 0 Å². The summed E-state index contributed by atoms with van der Waals surface area (Å²) in [5, 5.41) is 4.56. The number of carbonyl (C=O) groups is 4. The minimum absolute atomic E-state index is 0.131. The Morgan fingerprint density at radius 2 is 1.69 bits per heavy atom. The molecule has 8 nitrogen and oxygen atoms in total. The predicted octanol–water partition coefficient (Wildman–Crippen LogP) is 2.58. The summed E-state index contributed by atoms with van der Waals surface area (Å²) in [5.74, 6) is -2.09. The van der Waals surface area contributed by atoms with E-state index in [1.165, 1.54) is 4.90 Å². The van der Waals surface area contributed by atoms with Crippen LogP contribution in [0.2, 0.25) is 0 Å². The van der Waals surface area contributed by atoms with Crippen molar-refractivity contribution in [3.8, 4) is 0 Å². The molecule has 0 saturated carbocycles. The quantitative estimate of drug-likeness (QED) is 0.639. The van der Waals surface area contributed by atoms with E-state index in [1.807, 2.05) is 13.8 Å². The van der Waals surface area contributed by atoms with Crippen molar-refractivity contribution in [1.29, 1.82) is 0 Å². The van der Waals surface area contributed by atoms with E-state index in [1.54, 1.807) is 0 Å². The first kappa shape index (κ1) is 25.2. The van der Waals surface area contributed by atoms with Gasteiger partial charge in [-0.1, -0.05) is 13.8 Å². The average molecular weight is 457 g/mol. The topological polar surface area (TPSA) is 105 Å². The molecule has 0 aromatic heterocycles. The maximum atomic E-state index is 12.6. The van der Waals surface area contributed by atoms with Gasteiger partial charge in [-0.25, -0.2) is 4.79 Å². The fraction of sp³-hybridized carbons (Fsp3) is 0.524. The SMILES string of the molecule is CC(C)CNC(=O)NC(=O)COC(=O)C1CCN(C(=O)c2ccc(C(F)(F)F)cc2)CC1. The number of imide groups is 1. The maximum Gasteiger partial charge on any atom is 0.416 e. The van der Waals surface area contributed by atoms with E-state index in [9.17, 15) is 32.3 Å². The van der Waals surface area contributed by atoms with Gasteiger partial charge in [-0.05, 0) is 43.0 Å². The molecule has 32 heavy (non-hydrogen) atoms. The van der Waals surface area contributed by atoms with Crippen LogP contribution in [0.15, 0.2) is 24.3 Å². The summed E-state index contributed by atoms with van der Waals surface area (Å²) in [7, 11) is 0. The van der Waals surface area contributed by atoms with Crippen molar-refractivity contribution in [2.75, 3.05) is 26.2 Å². The molecule has 0 aliphatic carbocycles. The second-order valence-corrected chi connectivity index (χ2v) is 7.90. The zero-order chi connectivity index (χ0) is 23.9. The van der Waals surface area contributed by atoms with Crippen LogP contribution in [0, 0.1) is 11.8 Å². The van der Waals surface area contributed by atoms with E-state index < -0.39 is 48.1 Å². The number of likely N-dealkylation sites (tertiary alicyclic amines) is 1. The van der Waals surface area contributed by atoms with Gasteiger partial charge < -0.3 is 15.0 Å². The fourth-order valence-electron chi connectivity index (χ4n) is 3.06. The maximum absolute atomic E-state index is 12.6. The molecule has 0 bridgehead atoms. The van der Waals surface area contributed by atoms with Gasteiger partial charge in [0.05, 0.1) is 11.5 Å². The Hall–Kier alpha value is -3.11. The summed E-state index contributed by atoms with van der Waals surface area (Å²) in [6.45, 7) is 4.03. The molecule has 1 aliphatic heterocycles. The van der Waals surface area contributed by atoms with E-state index >= 15 is 0 Å². The number of halogens is 3. The Kier molecular flexibility index (Phi) is 8.62. The second-order valence-electron chi connectivity index (χ2n) is 7.90. The monoisotopic (exact) mass is 457 g/mol. The number of nitrogens with one attached hydrogen (secondary N) is 2. The number of esters is 1. The Bertz CT molecular complexity index is 832. The third kappa shape index (κ3) is 7.54. The number of alkyl halides is 3. The Balaban J connectivity index is 1.76. The lowest BCUT2D eigenvalue weighted by atomic mass is 9.96. The normalized spacial score (nSPS) is 14.8. The molecule has 1 fully saturated rings. The van der Waals surface area contributed by atoms with Gasteiger partial charge >= 0.3 is 18.2 Å². The lowest BCUT2D eigenvalue weighted by Crippen LogP contribution is -2.43. The van der Waals surface area contributed by atoms with E-state index in [0.717, 1.165) is 24.3 Å². The summed E-state index contributed by atoms with van der Waals surface area (Å²) < 4.78 is 42.9. The van der Waals surface area contributed by atoms with Gasteiger partial charge in [-0.2, -0.15) is 13.2 Å². The van der Waals surface area contributed by atoms with Crippen LogP contribution in [0.5, 0.6) is 0 Å². The van der Waals surface area contributed by atoms with Gasteiger partial charge in [-0.3, -0.25) is 19.7 Å². The molecule has 1 aromatic carbocycles. The molecule has 4 amide bonds. The first-order valence-corrected chi connectivity index (χ1v) is 10.2. The van der Waals surface area contributed by atoms with Crippen LogP contribution in [0.3, 0.4) is 0 Å². The second kappa shape index (κ2) is 11.0. The number of benzene rings is 1. The van der Waals surface area contributed by atoms with Crippen LogP contribution in [0.25, 0.3) is 0 Å². The summed E-state index contributed by atoms with van der Waals surface area (Å²) in [6.07, 6.45) is -3.89. The number of hydrogen-bond acceptors (Lipinski definition) is 5. The van der Waals surface area contributed by atoms with Crippen molar-refractivity contribution < 1.29 is 37.1 Å². The molecule has 11 heteroatoms. The Morgan fingerprint density at radius 3 is 2.22 bits per heavy atom. The molecule has 2 rings (SSSR count). The summed E-state index contributed by atoms with van der Waals surface area (Å²) in [6, 6.07) is 3.29. The molecule has 1 aromatic rings. The van der Waals surface area contributed by atoms with Gasteiger partial charge in [0, 0.05) is 25.2 Å². The van der Waals surface area contributed by atoms with Gasteiger partial charge in [0.25, 0.3) is 11.8 Å². The smallest absolute Gasteiger partial charge is 0.416 e. The minimum Gasteiger partial charge on any atom is -0.455 e. The third-order valence-corrected chi connectivity index (χ3v) is 4.84. The molecule has 0 unspecified atom stereocenters. The number of piperidine rings is 1. The first-order valence-electron chi connectivity index (χ1n) is 10.2. The number of nitrogens with zero attached hydrogens (tertiary/aromatic N) is 1. The molecular formula is C21H26F3N3O5. The van der Waals surface area contributed by atoms with Crippen molar-refractivity contribution in [2.45, 2.75) is 32.9 Å². The molecule has 1 heterocycles. The highest BCUT2D eigenvalue weighted by atomic mass is 19.4. The Labute approximate surface area is 183 Å². The van der Waals surface area contributed by atoms with Gasteiger partial charge in [0.1, 0.15) is 0 Å². The molecule has 0 spiro atoms. The highest BCUT2D eigenvalue weighted by molar-refractivity contribution is 5.96. The predicted molar refractivity (Wildman–Crippen MR) is 107 cm³/mol. The first-order chi connectivity index (χ1) is 15.0. The van der Waals surface area contributed by atoms with Gasteiger partial charge in [-0.15, -0.1) is 0 Å². The van der Waals surface area contributed by atoms with Crippen LogP contribution in [0.1, 0.15) is 42.6 Å². The number of ether oxygens (including phenoxy) is 1. The molecule has 0 radical (unpaired) electrons. The molecule has 1 saturated heterocycles. The van der Waals surface area contributed by atoms with E-state index in [4.69, 9.17) is 4.74 Å². The number of urea groups is 1. The van der Waals surface area contributed by atoms with E-state index in [2.05, 4.69) is 10.6 Å². The summed E-state index contributed by atoms with van der Waals surface area (Å²) in [5.41, 5.74) is -0.705. The van der Waals surface area contributed by atoms with E-state index in [0.29, 0.717) is 19.4 Å². The molecule has 1 aliphatic rings. The van der Waals surface area contributed by atoms with Crippen LogP contribution >= 0.6 is 0 Å². The fourth-order valence-corrected chi connectivity index (χ4v) is 3.06. The largest absolute Gasteiger partial charge is 0.455 e. The van der Waals surface area contributed by atoms with Crippen LogP contribution in [-0.4, -0.2) is 55.0 Å².